The van der Waals surface area contributed by atoms with Gasteiger partial charge in [-0.2, -0.15) is 0 Å². The SMILES string of the molecule is COc1ccc(OC)c(C(=O)N(CCCO)C2CCC2)c1. The van der Waals surface area contributed by atoms with Crippen molar-refractivity contribution in [2.75, 3.05) is 27.4 Å². The van der Waals surface area contributed by atoms with E-state index in [9.17, 15) is 4.79 Å². The van der Waals surface area contributed by atoms with Crippen molar-refractivity contribution in [1.82, 2.24) is 4.90 Å². The first-order valence-corrected chi connectivity index (χ1v) is 7.35. The highest BCUT2D eigenvalue weighted by Crippen LogP contribution is 2.30. The molecule has 1 N–H and O–H groups in total. The Balaban J connectivity index is 2.25. The van der Waals surface area contributed by atoms with Crippen molar-refractivity contribution < 1.29 is 19.4 Å². The van der Waals surface area contributed by atoms with Gasteiger partial charge >= 0.3 is 0 Å². The van der Waals surface area contributed by atoms with E-state index in [1.807, 2.05) is 4.90 Å². The summed E-state index contributed by atoms with van der Waals surface area (Å²) in [6.45, 7) is 0.659. The third kappa shape index (κ3) is 3.47. The van der Waals surface area contributed by atoms with Crippen molar-refractivity contribution in [1.29, 1.82) is 0 Å². The molecule has 0 bridgehead atoms. The molecule has 116 valence electrons. The maximum atomic E-state index is 12.8. The number of hydrogen-bond donors (Lipinski definition) is 1. The Bertz CT molecular complexity index is 485. The van der Waals surface area contributed by atoms with Gasteiger partial charge in [0.1, 0.15) is 11.5 Å². The Morgan fingerprint density at radius 3 is 2.62 bits per heavy atom. The summed E-state index contributed by atoms with van der Waals surface area (Å²) in [6.07, 6.45) is 3.81. The van der Waals surface area contributed by atoms with Crippen LogP contribution < -0.4 is 9.47 Å². The van der Waals surface area contributed by atoms with Gasteiger partial charge in [-0.1, -0.05) is 0 Å². The number of rotatable bonds is 7. The number of hydrogen-bond acceptors (Lipinski definition) is 4. The van der Waals surface area contributed by atoms with Gasteiger partial charge < -0.3 is 19.5 Å². The summed E-state index contributed by atoms with van der Waals surface area (Å²) in [5.41, 5.74) is 0.515. The number of nitrogens with zero attached hydrogens (tertiary/aromatic N) is 1. The van der Waals surface area contributed by atoms with Crippen molar-refractivity contribution in [3.63, 3.8) is 0 Å². The Kier molecular flexibility index (Phi) is 5.44. The molecule has 5 nitrogen and oxygen atoms in total. The molecule has 1 fully saturated rings. The average molecular weight is 293 g/mol. The van der Waals surface area contributed by atoms with Crippen LogP contribution in [0.15, 0.2) is 18.2 Å². The highest BCUT2D eigenvalue weighted by atomic mass is 16.5. The molecule has 0 atom stereocenters. The Labute approximate surface area is 125 Å². The zero-order chi connectivity index (χ0) is 15.2. The predicted octanol–water partition coefficient (Wildman–Crippen LogP) is 2.08. The van der Waals surface area contributed by atoms with Gasteiger partial charge in [-0.05, 0) is 43.9 Å². The molecule has 0 heterocycles. The fourth-order valence-corrected chi connectivity index (χ4v) is 2.53. The third-order valence-corrected chi connectivity index (χ3v) is 3.97. The Morgan fingerprint density at radius 1 is 1.33 bits per heavy atom. The quantitative estimate of drug-likeness (QED) is 0.836. The second-order valence-electron chi connectivity index (χ2n) is 5.23. The number of amides is 1. The highest BCUT2D eigenvalue weighted by molar-refractivity contribution is 5.97. The summed E-state index contributed by atoms with van der Waals surface area (Å²) in [5.74, 6) is 1.13. The van der Waals surface area contributed by atoms with Gasteiger partial charge in [-0.15, -0.1) is 0 Å². The molecule has 1 aromatic rings. The molecule has 1 aliphatic rings. The van der Waals surface area contributed by atoms with E-state index in [4.69, 9.17) is 14.6 Å². The molecule has 0 aromatic heterocycles. The molecule has 1 aliphatic carbocycles. The lowest BCUT2D eigenvalue weighted by Gasteiger charge is -2.37. The van der Waals surface area contributed by atoms with Crippen LogP contribution in [0.2, 0.25) is 0 Å². The summed E-state index contributed by atoms with van der Waals surface area (Å²) >= 11 is 0. The first-order chi connectivity index (χ1) is 10.2. The number of aliphatic hydroxyl groups is 1. The summed E-state index contributed by atoms with van der Waals surface area (Å²) in [6, 6.07) is 5.51. The number of methoxy groups -OCH3 is 2. The van der Waals surface area contributed by atoms with Crippen molar-refractivity contribution >= 4 is 5.91 Å². The monoisotopic (exact) mass is 293 g/mol. The fourth-order valence-electron chi connectivity index (χ4n) is 2.53. The van der Waals surface area contributed by atoms with Crippen LogP contribution in [0.5, 0.6) is 11.5 Å². The lowest BCUT2D eigenvalue weighted by atomic mass is 9.90. The molecule has 21 heavy (non-hydrogen) atoms. The molecule has 0 unspecified atom stereocenters. The number of carbonyl (C=O) groups is 1. The minimum absolute atomic E-state index is 0.0519. The molecular formula is C16H23NO4. The number of ether oxygens (including phenoxy) is 2. The summed E-state index contributed by atoms with van der Waals surface area (Å²) in [4.78, 5) is 14.7. The van der Waals surface area contributed by atoms with E-state index >= 15 is 0 Å². The van der Waals surface area contributed by atoms with Gasteiger partial charge in [-0.3, -0.25) is 4.79 Å². The van der Waals surface area contributed by atoms with Crippen LogP contribution in [0.1, 0.15) is 36.0 Å². The predicted molar refractivity (Wildman–Crippen MR) is 79.9 cm³/mol. The Morgan fingerprint density at radius 2 is 2.10 bits per heavy atom. The van der Waals surface area contributed by atoms with E-state index in [2.05, 4.69) is 0 Å². The van der Waals surface area contributed by atoms with Crippen LogP contribution in [0, 0.1) is 0 Å². The van der Waals surface area contributed by atoms with Crippen LogP contribution in [-0.4, -0.2) is 49.3 Å². The van der Waals surface area contributed by atoms with E-state index < -0.39 is 0 Å². The topological polar surface area (TPSA) is 59.0 Å². The molecule has 5 heteroatoms. The van der Waals surface area contributed by atoms with E-state index in [0.29, 0.717) is 30.0 Å². The summed E-state index contributed by atoms with van der Waals surface area (Å²) in [5, 5.41) is 9.04. The van der Waals surface area contributed by atoms with Crippen LogP contribution in [0.3, 0.4) is 0 Å². The molecule has 0 saturated heterocycles. The van der Waals surface area contributed by atoms with Crippen LogP contribution in [-0.2, 0) is 0 Å². The smallest absolute Gasteiger partial charge is 0.258 e. The number of benzene rings is 1. The van der Waals surface area contributed by atoms with Gasteiger partial charge in [0.25, 0.3) is 5.91 Å². The minimum atomic E-state index is -0.0519. The largest absolute Gasteiger partial charge is 0.497 e. The van der Waals surface area contributed by atoms with Gasteiger partial charge in [0, 0.05) is 19.2 Å². The fraction of sp³-hybridized carbons (Fsp3) is 0.562. The molecule has 0 spiro atoms. The Hall–Kier alpha value is -1.75. The van der Waals surface area contributed by atoms with Crippen LogP contribution in [0.25, 0.3) is 0 Å². The molecule has 2 rings (SSSR count). The normalized spacial score (nSPS) is 14.4. The zero-order valence-corrected chi connectivity index (χ0v) is 12.7. The maximum absolute atomic E-state index is 12.8. The van der Waals surface area contributed by atoms with Crippen LogP contribution >= 0.6 is 0 Å². The maximum Gasteiger partial charge on any atom is 0.258 e. The van der Waals surface area contributed by atoms with E-state index in [1.165, 1.54) is 0 Å². The molecule has 0 radical (unpaired) electrons. The highest BCUT2D eigenvalue weighted by Gasteiger charge is 2.30. The molecule has 1 amide bonds. The van der Waals surface area contributed by atoms with E-state index in [1.54, 1.807) is 32.4 Å². The van der Waals surface area contributed by atoms with E-state index in [-0.39, 0.29) is 18.6 Å². The molecular weight excluding hydrogens is 270 g/mol. The third-order valence-electron chi connectivity index (χ3n) is 3.97. The van der Waals surface area contributed by atoms with E-state index in [0.717, 1.165) is 19.3 Å². The zero-order valence-electron chi connectivity index (χ0n) is 12.7. The first kappa shape index (κ1) is 15.6. The second kappa shape index (κ2) is 7.31. The number of aliphatic hydroxyl groups excluding tert-OH is 1. The van der Waals surface area contributed by atoms with Crippen LogP contribution in [0.4, 0.5) is 0 Å². The van der Waals surface area contributed by atoms with Crippen molar-refractivity contribution in [3.05, 3.63) is 23.8 Å². The minimum Gasteiger partial charge on any atom is -0.497 e. The van der Waals surface area contributed by atoms with Gasteiger partial charge in [0.15, 0.2) is 0 Å². The average Bonchev–Trinajstić information content (AvgIpc) is 2.48. The molecule has 1 aromatic carbocycles. The summed E-state index contributed by atoms with van der Waals surface area (Å²) < 4.78 is 10.5. The lowest BCUT2D eigenvalue weighted by Crippen LogP contribution is -2.45. The standard InChI is InChI=1S/C16H23NO4/c1-20-13-7-8-15(21-2)14(11-13)16(19)17(9-4-10-18)12-5-3-6-12/h7-8,11-12,18H,3-6,9-10H2,1-2H3. The summed E-state index contributed by atoms with van der Waals surface area (Å²) in [7, 11) is 3.13. The van der Waals surface area contributed by atoms with Crippen molar-refractivity contribution in [2.45, 2.75) is 31.7 Å². The van der Waals surface area contributed by atoms with Crippen molar-refractivity contribution in [2.24, 2.45) is 0 Å². The second-order valence-corrected chi connectivity index (χ2v) is 5.23. The van der Waals surface area contributed by atoms with Crippen molar-refractivity contribution in [3.8, 4) is 11.5 Å². The first-order valence-electron chi connectivity index (χ1n) is 7.35. The van der Waals surface area contributed by atoms with Gasteiger partial charge in [0.05, 0.1) is 19.8 Å². The molecule has 1 saturated carbocycles. The lowest BCUT2D eigenvalue weighted by molar-refractivity contribution is 0.0559. The molecule has 0 aliphatic heterocycles. The van der Waals surface area contributed by atoms with Gasteiger partial charge in [-0.25, -0.2) is 0 Å². The number of carbonyl (C=O) groups excluding carboxylic acids is 1. The van der Waals surface area contributed by atoms with Gasteiger partial charge in [0.2, 0.25) is 0 Å².